The molecule has 0 aliphatic carbocycles. The quantitative estimate of drug-likeness (QED) is 0.474. The Bertz CT molecular complexity index is 617. The maximum atomic E-state index is 12.1. The van der Waals surface area contributed by atoms with Crippen molar-refractivity contribution < 1.29 is 29.6 Å². The summed E-state index contributed by atoms with van der Waals surface area (Å²) in [5.74, 6) is -0.767. The molecule has 1 aromatic rings. The monoisotopic (exact) mass is 312 g/mol. The molecule has 0 aromatic carbocycles. The van der Waals surface area contributed by atoms with Crippen molar-refractivity contribution in [3.05, 3.63) is 12.0 Å². The van der Waals surface area contributed by atoms with Crippen molar-refractivity contribution in [2.75, 3.05) is 25.5 Å². The van der Waals surface area contributed by atoms with Crippen LogP contribution in [0.4, 0.5) is 5.82 Å². The van der Waals surface area contributed by atoms with Crippen LogP contribution in [0.3, 0.4) is 0 Å². The summed E-state index contributed by atoms with van der Waals surface area (Å²) in [4.78, 5) is 29.1. The zero-order chi connectivity index (χ0) is 16.0. The van der Waals surface area contributed by atoms with Crippen molar-refractivity contribution in [2.24, 2.45) is 0 Å². The van der Waals surface area contributed by atoms with Crippen LogP contribution in [0, 0.1) is 0 Å². The van der Waals surface area contributed by atoms with Gasteiger partial charge in [-0.3, -0.25) is 14.2 Å². The number of aromatic nitrogens is 2. The minimum absolute atomic E-state index is 0.0195. The second kappa shape index (κ2) is 5.32. The molecule has 2 amide bonds. The van der Waals surface area contributed by atoms with Crippen molar-refractivity contribution in [1.29, 1.82) is 0 Å². The maximum absolute atomic E-state index is 12.1. The second-order valence-corrected chi connectivity index (χ2v) is 5.29. The Morgan fingerprint density at radius 2 is 2.14 bits per heavy atom. The Morgan fingerprint density at radius 3 is 2.77 bits per heavy atom. The van der Waals surface area contributed by atoms with Gasteiger partial charge in [0.25, 0.3) is 5.91 Å². The standard InChI is InChI=1S/C12H16N4O6/c1-15-2-6(18)14-10-7(11(15)21)13-4-16(10)12-9(20)8(19)5(3-17)22-12/h4-5,8-9,12,17,19-20H,2-3H2,1H3,(H,14,18). The molecule has 1 aromatic heterocycles. The average Bonchev–Trinajstić information content (AvgIpc) is 2.97. The molecule has 4 unspecified atom stereocenters. The Hall–Kier alpha value is -2.01. The van der Waals surface area contributed by atoms with E-state index in [9.17, 15) is 19.8 Å². The van der Waals surface area contributed by atoms with Crippen molar-refractivity contribution in [1.82, 2.24) is 14.5 Å². The van der Waals surface area contributed by atoms with E-state index in [0.29, 0.717) is 0 Å². The van der Waals surface area contributed by atoms with Crippen molar-refractivity contribution in [3.8, 4) is 0 Å². The van der Waals surface area contributed by atoms with Gasteiger partial charge in [0.05, 0.1) is 19.5 Å². The summed E-state index contributed by atoms with van der Waals surface area (Å²) in [6, 6.07) is 0. The zero-order valence-corrected chi connectivity index (χ0v) is 11.7. The highest BCUT2D eigenvalue weighted by atomic mass is 16.6. The lowest BCUT2D eigenvalue weighted by Crippen LogP contribution is -2.33. The van der Waals surface area contributed by atoms with Gasteiger partial charge in [0.15, 0.2) is 11.9 Å². The smallest absolute Gasteiger partial charge is 0.276 e. The van der Waals surface area contributed by atoms with Crippen LogP contribution in [0.2, 0.25) is 0 Å². The van der Waals surface area contributed by atoms with Gasteiger partial charge in [-0.1, -0.05) is 0 Å². The fraction of sp³-hybridized carbons (Fsp3) is 0.583. The fourth-order valence-electron chi connectivity index (χ4n) is 2.58. The number of aliphatic hydroxyl groups is 3. The SMILES string of the molecule is CN1CC(=O)Nc2c(ncn2C2OC(CO)C(O)C2O)C1=O. The van der Waals surface area contributed by atoms with Gasteiger partial charge in [-0.15, -0.1) is 0 Å². The predicted molar refractivity (Wildman–Crippen MR) is 70.8 cm³/mol. The third-order valence-electron chi connectivity index (χ3n) is 3.77. The zero-order valence-electron chi connectivity index (χ0n) is 11.7. The number of amides is 2. The number of nitrogens with one attached hydrogen (secondary N) is 1. The van der Waals surface area contributed by atoms with Crippen LogP contribution < -0.4 is 5.32 Å². The van der Waals surface area contributed by atoms with Gasteiger partial charge < -0.3 is 30.3 Å². The lowest BCUT2D eigenvalue weighted by atomic mass is 10.1. The molecule has 10 heteroatoms. The first-order valence-corrected chi connectivity index (χ1v) is 6.68. The lowest BCUT2D eigenvalue weighted by Gasteiger charge is -2.18. The molecule has 0 saturated carbocycles. The van der Waals surface area contributed by atoms with Crippen LogP contribution in [-0.4, -0.2) is 80.1 Å². The lowest BCUT2D eigenvalue weighted by molar-refractivity contribution is -0.116. The number of ether oxygens (including phenoxy) is 1. The topological polar surface area (TPSA) is 137 Å². The summed E-state index contributed by atoms with van der Waals surface area (Å²) in [6.07, 6.45) is -3.41. The average molecular weight is 312 g/mol. The first-order valence-electron chi connectivity index (χ1n) is 6.68. The third kappa shape index (κ3) is 2.16. The van der Waals surface area contributed by atoms with Gasteiger partial charge in [0, 0.05) is 7.05 Å². The van der Waals surface area contributed by atoms with E-state index in [4.69, 9.17) is 9.84 Å². The number of hydrogen-bond acceptors (Lipinski definition) is 7. The van der Waals surface area contributed by atoms with Crippen LogP contribution in [-0.2, 0) is 9.53 Å². The van der Waals surface area contributed by atoms with E-state index in [1.807, 2.05) is 0 Å². The Balaban J connectivity index is 1.99. The number of likely N-dealkylation sites (N-methyl/N-ethyl adjacent to an activating group) is 1. The molecule has 3 heterocycles. The van der Waals surface area contributed by atoms with Crippen molar-refractivity contribution >= 4 is 17.6 Å². The van der Waals surface area contributed by atoms with E-state index in [1.165, 1.54) is 22.8 Å². The molecular formula is C12H16N4O6. The van der Waals surface area contributed by atoms with E-state index >= 15 is 0 Å². The number of anilines is 1. The van der Waals surface area contributed by atoms with E-state index in [0.717, 1.165) is 0 Å². The minimum Gasteiger partial charge on any atom is -0.394 e. The molecule has 2 aliphatic heterocycles. The molecule has 10 nitrogen and oxygen atoms in total. The van der Waals surface area contributed by atoms with Crippen LogP contribution in [0.25, 0.3) is 0 Å². The predicted octanol–water partition coefficient (Wildman–Crippen LogP) is -2.48. The third-order valence-corrected chi connectivity index (χ3v) is 3.77. The molecule has 1 saturated heterocycles. The van der Waals surface area contributed by atoms with E-state index in [2.05, 4.69) is 10.3 Å². The highest BCUT2D eigenvalue weighted by Crippen LogP contribution is 2.33. The Labute approximate surface area is 124 Å². The van der Waals surface area contributed by atoms with Gasteiger partial charge in [-0.05, 0) is 0 Å². The summed E-state index contributed by atoms with van der Waals surface area (Å²) >= 11 is 0. The van der Waals surface area contributed by atoms with Crippen LogP contribution >= 0.6 is 0 Å². The van der Waals surface area contributed by atoms with Gasteiger partial charge in [0.1, 0.15) is 24.1 Å². The van der Waals surface area contributed by atoms with Gasteiger partial charge in [0.2, 0.25) is 5.91 Å². The first-order chi connectivity index (χ1) is 10.4. The molecule has 0 bridgehead atoms. The molecule has 4 atom stereocenters. The number of nitrogens with zero attached hydrogens (tertiary/aromatic N) is 3. The highest BCUT2D eigenvalue weighted by Gasteiger charge is 2.45. The van der Waals surface area contributed by atoms with Gasteiger partial charge >= 0.3 is 0 Å². The number of carbonyl (C=O) groups excluding carboxylic acids is 2. The highest BCUT2D eigenvalue weighted by molar-refractivity contribution is 6.06. The molecule has 1 fully saturated rings. The molecule has 0 spiro atoms. The summed E-state index contributed by atoms with van der Waals surface area (Å²) in [7, 11) is 1.47. The molecule has 2 aliphatic rings. The van der Waals surface area contributed by atoms with Crippen molar-refractivity contribution in [3.63, 3.8) is 0 Å². The molecule has 4 N–H and O–H groups in total. The molecule has 120 valence electrons. The molecule has 0 radical (unpaired) electrons. The Kier molecular flexibility index (Phi) is 3.60. The number of aliphatic hydroxyl groups excluding tert-OH is 3. The van der Waals surface area contributed by atoms with Crippen LogP contribution in [0.15, 0.2) is 6.33 Å². The number of imidazole rings is 1. The fourth-order valence-corrected chi connectivity index (χ4v) is 2.58. The number of rotatable bonds is 2. The summed E-state index contributed by atoms with van der Waals surface area (Å²) in [6.45, 7) is -0.592. The number of carbonyl (C=O) groups is 2. The normalized spacial score (nSPS) is 31.9. The second-order valence-electron chi connectivity index (χ2n) is 5.29. The Morgan fingerprint density at radius 1 is 1.41 bits per heavy atom. The summed E-state index contributed by atoms with van der Waals surface area (Å²) in [5, 5.41) is 31.5. The number of hydrogen-bond donors (Lipinski definition) is 4. The first kappa shape index (κ1) is 14.9. The van der Waals surface area contributed by atoms with E-state index < -0.39 is 43.0 Å². The summed E-state index contributed by atoms with van der Waals surface area (Å²) in [5.41, 5.74) is 0.0195. The van der Waals surface area contributed by atoms with Crippen LogP contribution in [0.5, 0.6) is 0 Å². The molecule has 3 rings (SSSR count). The summed E-state index contributed by atoms with van der Waals surface area (Å²) < 4.78 is 6.65. The van der Waals surface area contributed by atoms with Gasteiger partial charge in [-0.25, -0.2) is 4.98 Å². The van der Waals surface area contributed by atoms with E-state index in [-0.39, 0.29) is 18.1 Å². The largest absolute Gasteiger partial charge is 0.394 e. The van der Waals surface area contributed by atoms with Crippen LogP contribution in [0.1, 0.15) is 16.7 Å². The molecule has 22 heavy (non-hydrogen) atoms. The van der Waals surface area contributed by atoms with E-state index in [1.54, 1.807) is 0 Å². The van der Waals surface area contributed by atoms with Crippen molar-refractivity contribution in [2.45, 2.75) is 24.5 Å². The van der Waals surface area contributed by atoms with Gasteiger partial charge in [-0.2, -0.15) is 0 Å². The maximum Gasteiger partial charge on any atom is 0.276 e. The molecular weight excluding hydrogens is 296 g/mol. The number of fused-ring (bicyclic) bond motifs is 1. The minimum atomic E-state index is -1.33.